The molecule has 0 aliphatic rings. The zero-order chi connectivity index (χ0) is 14.2. The van der Waals surface area contributed by atoms with E-state index in [1.54, 1.807) is 18.5 Å². The average molecular weight is 268 g/mol. The maximum absolute atomic E-state index is 12.7. The van der Waals surface area contributed by atoms with Crippen LogP contribution in [0.3, 0.4) is 0 Å². The Labute approximate surface area is 109 Å². The van der Waals surface area contributed by atoms with Crippen molar-refractivity contribution >= 4 is 5.69 Å². The lowest BCUT2D eigenvalue weighted by Crippen LogP contribution is -2.04. The minimum atomic E-state index is -4.34. The summed E-state index contributed by atoms with van der Waals surface area (Å²) in [6, 6.07) is 5.41. The summed E-state index contributed by atoms with van der Waals surface area (Å²) < 4.78 is 39.9. The first-order valence-corrected chi connectivity index (χ1v) is 5.93. The van der Waals surface area contributed by atoms with Crippen molar-refractivity contribution in [2.24, 2.45) is 0 Å². The molecule has 5 heteroatoms. The van der Waals surface area contributed by atoms with Gasteiger partial charge in [0.15, 0.2) is 0 Å². The van der Waals surface area contributed by atoms with E-state index < -0.39 is 11.7 Å². The van der Waals surface area contributed by atoms with Crippen molar-refractivity contribution in [2.75, 3.05) is 5.73 Å². The summed E-state index contributed by atoms with van der Waals surface area (Å²) in [4.78, 5) is 0. The zero-order valence-electron chi connectivity index (χ0n) is 10.7. The number of nitrogens with zero attached hydrogens (tertiary/aromatic N) is 1. The Morgan fingerprint density at radius 1 is 1.16 bits per heavy atom. The predicted molar refractivity (Wildman–Crippen MR) is 69.7 cm³/mol. The Morgan fingerprint density at radius 3 is 2.37 bits per heavy atom. The van der Waals surface area contributed by atoms with Crippen LogP contribution in [0, 0.1) is 0 Å². The molecule has 0 saturated carbocycles. The Balaban J connectivity index is 2.48. The number of nitrogen functional groups attached to an aromatic ring is 1. The Hall–Kier alpha value is -1.91. The van der Waals surface area contributed by atoms with Gasteiger partial charge in [0.25, 0.3) is 0 Å². The molecular formula is C14H15F3N2. The second kappa shape index (κ2) is 4.64. The predicted octanol–water partition coefficient (Wildman–Crippen LogP) is 4.34. The fraction of sp³-hybridized carbons (Fsp3) is 0.286. The van der Waals surface area contributed by atoms with Crippen LogP contribution in [-0.2, 0) is 6.18 Å². The van der Waals surface area contributed by atoms with E-state index in [1.165, 1.54) is 6.07 Å². The highest BCUT2D eigenvalue weighted by atomic mass is 19.4. The van der Waals surface area contributed by atoms with Crippen LogP contribution in [0.1, 0.15) is 25.5 Å². The number of hydrogen-bond donors (Lipinski definition) is 1. The van der Waals surface area contributed by atoms with Crippen molar-refractivity contribution in [3.05, 3.63) is 42.2 Å². The summed E-state index contributed by atoms with van der Waals surface area (Å²) >= 11 is 0. The SMILES string of the molecule is CC(C)n1cc(N)c(-c2cccc(C(F)(F)F)c2)c1. The number of alkyl halides is 3. The van der Waals surface area contributed by atoms with Gasteiger partial charge in [0.05, 0.1) is 11.3 Å². The van der Waals surface area contributed by atoms with Crippen LogP contribution in [0.5, 0.6) is 0 Å². The number of nitrogens with two attached hydrogens (primary N) is 1. The highest BCUT2D eigenvalue weighted by Gasteiger charge is 2.30. The van der Waals surface area contributed by atoms with E-state index in [-0.39, 0.29) is 6.04 Å². The lowest BCUT2D eigenvalue weighted by molar-refractivity contribution is -0.137. The van der Waals surface area contributed by atoms with Crippen LogP contribution in [-0.4, -0.2) is 4.57 Å². The third-order valence-electron chi connectivity index (χ3n) is 2.97. The fourth-order valence-electron chi connectivity index (χ4n) is 1.89. The maximum atomic E-state index is 12.7. The quantitative estimate of drug-likeness (QED) is 0.863. The van der Waals surface area contributed by atoms with E-state index in [4.69, 9.17) is 5.73 Å². The first kappa shape index (κ1) is 13.5. The molecule has 102 valence electrons. The van der Waals surface area contributed by atoms with E-state index in [0.717, 1.165) is 12.1 Å². The molecule has 1 aromatic heterocycles. The van der Waals surface area contributed by atoms with Gasteiger partial charge in [-0.15, -0.1) is 0 Å². The number of anilines is 1. The lowest BCUT2D eigenvalue weighted by atomic mass is 10.0. The topological polar surface area (TPSA) is 30.9 Å². The van der Waals surface area contributed by atoms with E-state index in [1.807, 2.05) is 18.4 Å². The molecule has 2 aromatic rings. The van der Waals surface area contributed by atoms with Gasteiger partial charge in [0, 0.05) is 24.0 Å². The smallest absolute Gasteiger partial charge is 0.397 e. The zero-order valence-corrected chi connectivity index (χ0v) is 10.7. The van der Waals surface area contributed by atoms with Crippen molar-refractivity contribution in [3.8, 4) is 11.1 Å². The molecule has 1 aromatic carbocycles. The molecular weight excluding hydrogens is 253 g/mol. The molecule has 0 aliphatic heterocycles. The van der Waals surface area contributed by atoms with Gasteiger partial charge in [-0.1, -0.05) is 12.1 Å². The van der Waals surface area contributed by atoms with Crippen LogP contribution >= 0.6 is 0 Å². The van der Waals surface area contributed by atoms with Gasteiger partial charge < -0.3 is 10.3 Å². The highest BCUT2D eigenvalue weighted by Crippen LogP contribution is 2.34. The average Bonchev–Trinajstić information content (AvgIpc) is 2.71. The molecule has 2 N–H and O–H groups in total. The molecule has 1 heterocycles. The first-order valence-electron chi connectivity index (χ1n) is 5.93. The van der Waals surface area contributed by atoms with Gasteiger partial charge in [0.2, 0.25) is 0 Å². The molecule has 0 fully saturated rings. The molecule has 19 heavy (non-hydrogen) atoms. The Morgan fingerprint density at radius 2 is 1.84 bits per heavy atom. The highest BCUT2D eigenvalue weighted by molar-refractivity contribution is 5.76. The van der Waals surface area contributed by atoms with E-state index in [2.05, 4.69) is 0 Å². The summed E-state index contributed by atoms with van der Waals surface area (Å²) in [5, 5.41) is 0. The monoisotopic (exact) mass is 268 g/mol. The molecule has 2 rings (SSSR count). The molecule has 0 aliphatic carbocycles. The van der Waals surface area contributed by atoms with Gasteiger partial charge in [-0.3, -0.25) is 0 Å². The van der Waals surface area contributed by atoms with Gasteiger partial charge >= 0.3 is 6.18 Å². The van der Waals surface area contributed by atoms with E-state index >= 15 is 0 Å². The molecule has 0 saturated heterocycles. The molecule has 2 nitrogen and oxygen atoms in total. The van der Waals surface area contributed by atoms with Gasteiger partial charge in [0.1, 0.15) is 0 Å². The standard InChI is InChI=1S/C14H15F3N2/c1-9(2)19-7-12(13(18)8-19)10-4-3-5-11(6-10)14(15,16)17/h3-9H,18H2,1-2H3. The van der Waals surface area contributed by atoms with Crippen LogP contribution in [0.4, 0.5) is 18.9 Å². The largest absolute Gasteiger partial charge is 0.416 e. The summed E-state index contributed by atoms with van der Waals surface area (Å²) in [5.41, 5.74) is 6.79. The van der Waals surface area contributed by atoms with Crippen molar-refractivity contribution in [2.45, 2.75) is 26.1 Å². The number of hydrogen-bond acceptors (Lipinski definition) is 1. The first-order chi connectivity index (χ1) is 8.79. The number of halogens is 3. The van der Waals surface area contributed by atoms with Crippen molar-refractivity contribution in [1.29, 1.82) is 0 Å². The van der Waals surface area contributed by atoms with E-state index in [0.29, 0.717) is 16.8 Å². The number of rotatable bonds is 2. The van der Waals surface area contributed by atoms with Crippen molar-refractivity contribution in [3.63, 3.8) is 0 Å². The second-order valence-corrected chi connectivity index (χ2v) is 4.75. The Bertz CT molecular complexity index is 583. The third-order valence-corrected chi connectivity index (χ3v) is 2.97. The normalized spacial score (nSPS) is 12.1. The summed E-state index contributed by atoms with van der Waals surface area (Å²) in [5.74, 6) is 0. The summed E-state index contributed by atoms with van der Waals surface area (Å²) in [6.07, 6.45) is -0.832. The Kier molecular flexibility index (Phi) is 3.30. The van der Waals surface area contributed by atoms with E-state index in [9.17, 15) is 13.2 Å². The van der Waals surface area contributed by atoms with Gasteiger partial charge in [-0.05, 0) is 31.5 Å². The minimum absolute atomic E-state index is 0.210. The maximum Gasteiger partial charge on any atom is 0.416 e. The van der Waals surface area contributed by atoms with Crippen LogP contribution in [0.15, 0.2) is 36.7 Å². The summed E-state index contributed by atoms with van der Waals surface area (Å²) in [7, 11) is 0. The number of benzene rings is 1. The minimum Gasteiger partial charge on any atom is -0.397 e. The number of aromatic nitrogens is 1. The molecule has 0 bridgehead atoms. The lowest BCUT2D eigenvalue weighted by Gasteiger charge is -2.08. The fourth-order valence-corrected chi connectivity index (χ4v) is 1.89. The van der Waals surface area contributed by atoms with Crippen LogP contribution < -0.4 is 5.73 Å². The summed E-state index contributed by atoms with van der Waals surface area (Å²) in [6.45, 7) is 3.96. The molecule has 0 spiro atoms. The third kappa shape index (κ3) is 2.75. The van der Waals surface area contributed by atoms with Crippen molar-refractivity contribution < 1.29 is 13.2 Å². The molecule has 0 radical (unpaired) electrons. The van der Waals surface area contributed by atoms with Crippen LogP contribution in [0.2, 0.25) is 0 Å². The van der Waals surface area contributed by atoms with Crippen LogP contribution in [0.25, 0.3) is 11.1 Å². The second-order valence-electron chi connectivity index (χ2n) is 4.75. The molecule has 0 atom stereocenters. The van der Waals surface area contributed by atoms with Crippen molar-refractivity contribution in [1.82, 2.24) is 4.57 Å². The molecule has 0 unspecified atom stereocenters. The van der Waals surface area contributed by atoms with Gasteiger partial charge in [-0.2, -0.15) is 13.2 Å². The van der Waals surface area contributed by atoms with Gasteiger partial charge in [-0.25, -0.2) is 0 Å². The molecule has 0 amide bonds.